The first-order chi connectivity index (χ1) is 9.76. The van der Waals surface area contributed by atoms with Crippen LogP contribution in [0.3, 0.4) is 0 Å². The molecule has 1 N–H and O–H groups in total. The Morgan fingerprint density at radius 1 is 0.850 bits per heavy atom. The summed E-state index contributed by atoms with van der Waals surface area (Å²) in [5.74, 6) is 0.308. The molecule has 0 bridgehead atoms. The summed E-state index contributed by atoms with van der Waals surface area (Å²) in [4.78, 5) is 13.8. The third-order valence-electron chi connectivity index (χ3n) is 3.18. The lowest BCUT2D eigenvalue weighted by Gasteiger charge is -2.22. The van der Waals surface area contributed by atoms with Crippen LogP contribution in [0.4, 0.5) is 0 Å². The number of hydrogen-bond donors (Lipinski definition) is 1. The van der Waals surface area contributed by atoms with Crippen molar-refractivity contribution in [1.29, 1.82) is 0 Å². The molecule has 0 saturated carbocycles. The highest BCUT2D eigenvalue weighted by Crippen LogP contribution is 2.01. The highest BCUT2D eigenvalue weighted by molar-refractivity contribution is 5.75. The Morgan fingerprint density at radius 2 is 1.40 bits per heavy atom. The molecule has 122 valence electrons. The molecule has 0 fully saturated rings. The van der Waals surface area contributed by atoms with Crippen LogP contribution < -0.4 is 5.32 Å². The maximum atomic E-state index is 11.7. The highest BCUT2D eigenvalue weighted by atomic mass is 16.2. The number of nitrogens with one attached hydrogen (secondary N) is 1. The fourth-order valence-electron chi connectivity index (χ4n) is 1.91. The van der Waals surface area contributed by atoms with E-state index in [-0.39, 0.29) is 0 Å². The first-order valence-electron chi connectivity index (χ1n) is 8.74. The topological polar surface area (TPSA) is 32.3 Å². The van der Waals surface area contributed by atoms with Gasteiger partial charge < -0.3 is 10.2 Å². The quantitative estimate of drug-likeness (QED) is 0.545. The van der Waals surface area contributed by atoms with Gasteiger partial charge in [0.05, 0.1) is 0 Å². The van der Waals surface area contributed by atoms with E-state index in [0.29, 0.717) is 12.3 Å². The number of amides is 1. The van der Waals surface area contributed by atoms with Gasteiger partial charge in [-0.15, -0.1) is 0 Å². The van der Waals surface area contributed by atoms with Crippen molar-refractivity contribution in [2.45, 2.75) is 79.6 Å². The first kappa shape index (κ1) is 21.7. The second-order valence-electron chi connectivity index (χ2n) is 4.90. The second-order valence-corrected chi connectivity index (χ2v) is 4.90. The zero-order chi connectivity index (χ0) is 15.6. The number of carbonyl (C=O) groups excluding carboxylic acids is 1. The summed E-state index contributed by atoms with van der Waals surface area (Å²) < 4.78 is 0. The predicted octanol–water partition coefficient (Wildman–Crippen LogP) is 4.22. The van der Waals surface area contributed by atoms with Crippen LogP contribution in [0, 0.1) is 0 Å². The summed E-state index contributed by atoms with van der Waals surface area (Å²) in [6, 6.07) is 0. The molecule has 1 amide bonds. The Balaban J connectivity index is 0. The first-order valence-corrected chi connectivity index (χ1v) is 8.74. The van der Waals surface area contributed by atoms with Crippen LogP contribution >= 0.6 is 0 Å². The molecule has 3 heteroatoms. The third kappa shape index (κ3) is 13.9. The highest BCUT2D eigenvalue weighted by Gasteiger charge is 2.09. The van der Waals surface area contributed by atoms with E-state index in [4.69, 9.17) is 0 Å². The van der Waals surface area contributed by atoms with E-state index in [1.165, 1.54) is 19.3 Å². The monoisotopic (exact) mass is 286 g/mol. The molecule has 0 aliphatic rings. The van der Waals surface area contributed by atoms with E-state index in [0.717, 1.165) is 45.4 Å². The van der Waals surface area contributed by atoms with Gasteiger partial charge in [0.25, 0.3) is 0 Å². The fraction of sp³-hybridized carbons (Fsp3) is 0.941. The average molecular weight is 287 g/mol. The van der Waals surface area contributed by atoms with Crippen LogP contribution in [0.1, 0.15) is 79.6 Å². The van der Waals surface area contributed by atoms with Crippen molar-refractivity contribution < 1.29 is 4.79 Å². The minimum absolute atomic E-state index is 0.308. The van der Waals surface area contributed by atoms with Crippen LogP contribution in [0.25, 0.3) is 0 Å². The second kappa shape index (κ2) is 18.4. The molecular formula is C17H38N2O. The van der Waals surface area contributed by atoms with Gasteiger partial charge in [0.15, 0.2) is 0 Å². The molecule has 0 heterocycles. The molecule has 0 aliphatic heterocycles. The molecule has 0 saturated heterocycles. The maximum absolute atomic E-state index is 11.7. The van der Waals surface area contributed by atoms with Crippen molar-refractivity contribution in [3.63, 3.8) is 0 Å². The zero-order valence-corrected chi connectivity index (χ0v) is 14.6. The van der Waals surface area contributed by atoms with Crippen molar-refractivity contribution in [2.24, 2.45) is 0 Å². The Hall–Kier alpha value is -0.570. The number of hydrogen-bond acceptors (Lipinski definition) is 2. The standard InChI is InChI=1S/C15H32N2O.C2H6/c1-4-7-11-16-12-9-10-14-17(13-8-5-2)15(18)6-3;1-2/h16H,4-14H2,1-3H3;1-2H3. The van der Waals surface area contributed by atoms with Crippen LogP contribution in [-0.2, 0) is 4.79 Å². The van der Waals surface area contributed by atoms with Crippen molar-refractivity contribution in [3.05, 3.63) is 0 Å². The Labute approximate surface area is 127 Å². The van der Waals surface area contributed by atoms with Gasteiger partial charge in [-0.25, -0.2) is 0 Å². The van der Waals surface area contributed by atoms with Crippen LogP contribution in [-0.4, -0.2) is 37.0 Å². The lowest BCUT2D eigenvalue weighted by molar-refractivity contribution is -0.131. The van der Waals surface area contributed by atoms with Gasteiger partial charge in [0.1, 0.15) is 0 Å². The van der Waals surface area contributed by atoms with Crippen LogP contribution in [0.2, 0.25) is 0 Å². The van der Waals surface area contributed by atoms with Crippen LogP contribution in [0.5, 0.6) is 0 Å². The van der Waals surface area contributed by atoms with Gasteiger partial charge >= 0.3 is 0 Å². The summed E-state index contributed by atoms with van der Waals surface area (Å²) in [5.41, 5.74) is 0. The largest absolute Gasteiger partial charge is 0.343 e. The SMILES string of the molecule is CC.CCCCNCCCCN(CCCC)C(=O)CC. The molecule has 0 aromatic carbocycles. The lowest BCUT2D eigenvalue weighted by Crippen LogP contribution is -2.32. The molecule has 0 aromatic rings. The summed E-state index contributed by atoms with van der Waals surface area (Å²) in [7, 11) is 0. The molecule has 3 nitrogen and oxygen atoms in total. The minimum atomic E-state index is 0.308. The molecule has 0 rings (SSSR count). The van der Waals surface area contributed by atoms with Gasteiger partial charge in [-0.3, -0.25) is 4.79 Å². The molecular weight excluding hydrogens is 248 g/mol. The summed E-state index contributed by atoms with van der Waals surface area (Å²) in [6.07, 6.45) is 7.72. The van der Waals surface area contributed by atoms with Gasteiger partial charge in [0.2, 0.25) is 5.91 Å². The lowest BCUT2D eigenvalue weighted by atomic mass is 10.2. The maximum Gasteiger partial charge on any atom is 0.222 e. The van der Waals surface area contributed by atoms with Gasteiger partial charge in [-0.2, -0.15) is 0 Å². The molecule has 20 heavy (non-hydrogen) atoms. The van der Waals surface area contributed by atoms with Crippen molar-refractivity contribution in [2.75, 3.05) is 26.2 Å². The van der Waals surface area contributed by atoms with Gasteiger partial charge in [-0.05, 0) is 38.8 Å². The zero-order valence-electron chi connectivity index (χ0n) is 14.6. The number of unbranched alkanes of at least 4 members (excludes halogenated alkanes) is 3. The van der Waals surface area contributed by atoms with E-state index in [1.807, 2.05) is 25.7 Å². The van der Waals surface area contributed by atoms with E-state index in [1.54, 1.807) is 0 Å². The van der Waals surface area contributed by atoms with E-state index in [9.17, 15) is 4.79 Å². The van der Waals surface area contributed by atoms with Crippen LogP contribution in [0.15, 0.2) is 0 Å². The Bertz CT molecular complexity index is 195. The normalized spacial score (nSPS) is 9.85. The molecule has 0 aliphatic carbocycles. The van der Waals surface area contributed by atoms with Crippen molar-refractivity contribution >= 4 is 5.91 Å². The van der Waals surface area contributed by atoms with Gasteiger partial charge in [0, 0.05) is 19.5 Å². The smallest absolute Gasteiger partial charge is 0.222 e. The molecule has 0 radical (unpaired) electrons. The predicted molar refractivity (Wildman–Crippen MR) is 90.1 cm³/mol. The summed E-state index contributed by atoms with van der Waals surface area (Å²) in [6.45, 7) is 14.4. The fourth-order valence-corrected chi connectivity index (χ4v) is 1.91. The number of nitrogens with zero attached hydrogens (tertiary/aromatic N) is 1. The van der Waals surface area contributed by atoms with E-state index < -0.39 is 0 Å². The molecule has 0 spiro atoms. The molecule has 0 aromatic heterocycles. The molecule has 0 atom stereocenters. The summed E-state index contributed by atoms with van der Waals surface area (Å²) in [5, 5.41) is 3.44. The average Bonchev–Trinajstić information content (AvgIpc) is 2.50. The molecule has 0 unspecified atom stereocenters. The number of rotatable bonds is 12. The van der Waals surface area contributed by atoms with Crippen molar-refractivity contribution in [3.8, 4) is 0 Å². The summed E-state index contributed by atoms with van der Waals surface area (Å²) >= 11 is 0. The van der Waals surface area contributed by atoms with Crippen molar-refractivity contribution in [1.82, 2.24) is 10.2 Å². The minimum Gasteiger partial charge on any atom is -0.343 e. The van der Waals surface area contributed by atoms with Gasteiger partial charge in [-0.1, -0.05) is 47.5 Å². The van der Waals surface area contributed by atoms with E-state index in [2.05, 4.69) is 19.2 Å². The Kier molecular flexibility index (Phi) is 20.0. The Morgan fingerprint density at radius 3 is 1.95 bits per heavy atom. The third-order valence-corrected chi connectivity index (χ3v) is 3.18. The number of carbonyl (C=O) groups is 1. The van der Waals surface area contributed by atoms with E-state index >= 15 is 0 Å².